The molecular weight excluding hydrogens is 376 g/mol. The number of fused-ring (bicyclic) bond motifs is 2. The van der Waals surface area contributed by atoms with E-state index in [0.29, 0.717) is 10.6 Å². The fourth-order valence-corrected chi connectivity index (χ4v) is 3.88. The zero-order valence-corrected chi connectivity index (χ0v) is 15.9. The van der Waals surface area contributed by atoms with Gasteiger partial charge in [-0.25, -0.2) is 9.78 Å². The predicted molar refractivity (Wildman–Crippen MR) is 107 cm³/mol. The number of ketones is 1. The van der Waals surface area contributed by atoms with E-state index >= 15 is 0 Å². The minimum absolute atomic E-state index is 0.00832. The van der Waals surface area contributed by atoms with Crippen LogP contribution in [-0.4, -0.2) is 36.3 Å². The number of carbonyl (C=O) groups is 3. The summed E-state index contributed by atoms with van der Waals surface area (Å²) in [6.45, 7) is -0.356. The van der Waals surface area contributed by atoms with Crippen LogP contribution in [0.3, 0.4) is 0 Å². The van der Waals surface area contributed by atoms with Gasteiger partial charge in [0, 0.05) is 24.4 Å². The first-order chi connectivity index (χ1) is 13.5. The summed E-state index contributed by atoms with van der Waals surface area (Å²) in [6.07, 6.45) is 3.12. The number of rotatable bonds is 5. The van der Waals surface area contributed by atoms with E-state index in [0.717, 1.165) is 21.5 Å². The van der Waals surface area contributed by atoms with Gasteiger partial charge in [0.15, 0.2) is 12.4 Å². The molecule has 3 aromatic rings. The second kappa shape index (κ2) is 7.36. The minimum Gasteiger partial charge on any atom is -0.454 e. The molecule has 0 saturated heterocycles. The molecule has 1 amide bonds. The van der Waals surface area contributed by atoms with Crippen molar-refractivity contribution < 1.29 is 19.1 Å². The lowest BCUT2D eigenvalue weighted by atomic mass is 10.1. The van der Waals surface area contributed by atoms with Gasteiger partial charge in [0.05, 0.1) is 16.6 Å². The van der Waals surface area contributed by atoms with E-state index in [-0.39, 0.29) is 24.7 Å². The van der Waals surface area contributed by atoms with Crippen molar-refractivity contribution in [3.63, 3.8) is 0 Å². The van der Waals surface area contributed by atoms with Gasteiger partial charge in [0.25, 0.3) is 0 Å². The molecule has 0 spiro atoms. The molecule has 2 aromatic carbocycles. The summed E-state index contributed by atoms with van der Waals surface area (Å²) in [5.41, 5.74) is 2.90. The van der Waals surface area contributed by atoms with E-state index in [4.69, 9.17) is 4.74 Å². The number of para-hydroxylation sites is 1. The topological polar surface area (TPSA) is 76.6 Å². The number of likely N-dealkylation sites (N-methyl/N-ethyl adjacent to an activating group) is 1. The summed E-state index contributed by atoms with van der Waals surface area (Å²) >= 11 is 1.47. The Hall–Kier alpha value is -3.32. The molecule has 28 heavy (non-hydrogen) atoms. The molecule has 1 aromatic heterocycles. The van der Waals surface area contributed by atoms with Crippen molar-refractivity contribution in [2.75, 3.05) is 18.6 Å². The van der Waals surface area contributed by atoms with Gasteiger partial charge < -0.3 is 9.64 Å². The van der Waals surface area contributed by atoms with Gasteiger partial charge in [0.1, 0.15) is 5.01 Å². The Balaban J connectivity index is 1.36. The van der Waals surface area contributed by atoms with Gasteiger partial charge in [-0.2, -0.15) is 0 Å². The highest BCUT2D eigenvalue weighted by Gasteiger charge is 2.24. The minimum atomic E-state index is -0.608. The first-order valence-electron chi connectivity index (χ1n) is 8.64. The van der Waals surface area contributed by atoms with Crippen LogP contribution in [0.15, 0.2) is 48.5 Å². The predicted octanol–water partition coefficient (Wildman–Crippen LogP) is 3.25. The van der Waals surface area contributed by atoms with Crippen LogP contribution in [0.25, 0.3) is 16.3 Å². The van der Waals surface area contributed by atoms with Crippen LogP contribution in [-0.2, 0) is 20.7 Å². The summed E-state index contributed by atoms with van der Waals surface area (Å²) in [6, 6.07) is 12.8. The largest absolute Gasteiger partial charge is 0.454 e. The second-order valence-electron chi connectivity index (χ2n) is 6.36. The molecule has 6 nitrogen and oxygen atoms in total. The fourth-order valence-electron chi connectivity index (χ4n) is 3.01. The molecule has 0 aliphatic carbocycles. The number of hydrogen-bond acceptors (Lipinski definition) is 6. The lowest BCUT2D eigenvalue weighted by Crippen LogP contribution is -2.20. The number of Topliss-reactive ketones (excluding diaryl/α,β-unsaturated/α-hetero) is 1. The molecule has 7 heteroatoms. The molecule has 0 saturated carbocycles. The quantitative estimate of drug-likeness (QED) is 0.378. The van der Waals surface area contributed by atoms with Gasteiger partial charge in [0.2, 0.25) is 5.91 Å². The highest BCUT2D eigenvalue weighted by Crippen LogP contribution is 2.28. The van der Waals surface area contributed by atoms with Crippen molar-refractivity contribution >= 4 is 51.0 Å². The third-order valence-corrected chi connectivity index (χ3v) is 5.50. The highest BCUT2D eigenvalue weighted by atomic mass is 32.1. The molecule has 0 fully saturated rings. The Labute approximate surface area is 165 Å². The normalized spacial score (nSPS) is 13.3. The number of anilines is 1. The average Bonchev–Trinajstić information content (AvgIpc) is 3.24. The zero-order chi connectivity index (χ0) is 19.7. The lowest BCUT2D eigenvalue weighted by Gasteiger charge is -2.10. The summed E-state index contributed by atoms with van der Waals surface area (Å²) in [7, 11) is 1.70. The number of hydrogen-bond donors (Lipinski definition) is 0. The molecular formula is C21H16N2O4S. The summed E-state index contributed by atoms with van der Waals surface area (Å²) in [5.74, 6) is -0.929. The fraction of sp³-hybridized carbons (Fsp3) is 0.143. The van der Waals surface area contributed by atoms with Crippen molar-refractivity contribution in [3.05, 3.63) is 64.7 Å². The van der Waals surface area contributed by atoms with E-state index in [1.165, 1.54) is 17.4 Å². The van der Waals surface area contributed by atoms with Gasteiger partial charge in [-0.15, -0.1) is 11.3 Å². The second-order valence-corrected chi connectivity index (χ2v) is 7.42. The number of thiazole rings is 1. The molecule has 0 radical (unpaired) electrons. The van der Waals surface area contributed by atoms with Crippen LogP contribution in [0.2, 0.25) is 0 Å². The van der Waals surface area contributed by atoms with Crippen LogP contribution in [0.4, 0.5) is 5.69 Å². The zero-order valence-electron chi connectivity index (χ0n) is 15.0. The monoisotopic (exact) mass is 392 g/mol. The molecule has 1 aliphatic rings. The molecule has 140 valence electrons. The number of benzene rings is 2. The first kappa shape index (κ1) is 18.1. The Morgan fingerprint density at radius 3 is 2.89 bits per heavy atom. The summed E-state index contributed by atoms with van der Waals surface area (Å²) in [5, 5.41) is 0.692. The van der Waals surface area contributed by atoms with E-state index < -0.39 is 5.97 Å². The number of ether oxygens (including phenoxy) is 1. The van der Waals surface area contributed by atoms with E-state index in [1.54, 1.807) is 36.2 Å². The Kier molecular flexibility index (Phi) is 4.75. The number of nitrogens with zero attached hydrogens (tertiary/aromatic N) is 2. The summed E-state index contributed by atoms with van der Waals surface area (Å²) in [4.78, 5) is 41.9. The molecule has 1 aliphatic heterocycles. The van der Waals surface area contributed by atoms with Crippen molar-refractivity contribution in [1.82, 2.24) is 4.98 Å². The van der Waals surface area contributed by atoms with Gasteiger partial charge in [-0.3, -0.25) is 9.59 Å². The first-order valence-corrected chi connectivity index (χ1v) is 9.46. The maximum atomic E-state index is 12.3. The molecule has 0 bridgehead atoms. The Morgan fingerprint density at radius 2 is 2.07 bits per heavy atom. The van der Waals surface area contributed by atoms with Gasteiger partial charge in [-0.1, -0.05) is 12.1 Å². The molecule has 4 rings (SSSR count). The van der Waals surface area contributed by atoms with Crippen molar-refractivity contribution in [2.45, 2.75) is 6.42 Å². The molecule has 2 heterocycles. The van der Waals surface area contributed by atoms with E-state index in [2.05, 4.69) is 4.98 Å². The average molecular weight is 392 g/mol. The lowest BCUT2D eigenvalue weighted by molar-refractivity contribution is -0.136. The van der Waals surface area contributed by atoms with Gasteiger partial charge in [-0.05, 0) is 42.0 Å². The Bertz CT molecular complexity index is 1100. The van der Waals surface area contributed by atoms with Crippen molar-refractivity contribution in [1.29, 1.82) is 0 Å². The van der Waals surface area contributed by atoms with Crippen molar-refractivity contribution in [2.24, 2.45) is 0 Å². The van der Waals surface area contributed by atoms with Gasteiger partial charge >= 0.3 is 5.97 Å². The number of carbonyl (C=O) groups excluding carboxylic acids is 3. The SMILES string of the molecule is CN1C(=O)Cc2cc(C(=O)COC(=O)/C=C/c3nc4ccccc4s3)ccc21. The maximum Gasteiger partial charge on any atom is 0.331 e. The molecule has 0 N–H and O–H groups in total. The Morgan fingerprint density at radius 1 is 1.25 bits per heavy atom. The highest BCUT2D eigenvalue weighted by molar-refractivity contribution is 7.19. The number of esters is 1. The van der Waals surface area contributed by atoms with E-state index in [9.17, 15) is 14.4 Å². The van der Waals surface area contributed by atoms with Crippen LogP contribution >= 0.6 is 11.3 Å². The molecule has 0 unspecified atom stereocenters. The maximum absolute atomic E-state index is 12.3. The third-order valence-electron chi connectivity index (χ3n) is 4.50. The van der Waals surface area contributed by atoms with Crippen molar-refractivity contribution in [3.8, 4) is 0 Å². The smallest absolute Gasteiger partial charge is 0.331 e. The number of amides is 1. The number of aromatic nitrogens is 1. The van der Waals surface area contributed by atoms with E-state index in [1.807, 2.05) is 24.3 Å². The molecule has 0 atom stereocenters. The third kappa shape index (κ3) is 3.57. The van der Waals surface area contributed by atoms with Crippen LogP contribution in [0.5, 0.6) is 0 Å². The van der Waals surface area contributed by atoms with Crippen LogP contribution in [0, 0.1) is 0 Å². The van der Waals surface area contributed by atoms with Crippen LogP contribution < -0.4 is 4.90 Å². The van der Waals surface area contributed by atoms with Crippen LogP contribution in [0.1, 0.15) is 20.9 Å². The summed E-state index contributed by atoms with van der Waals surface area (Å²) < 4.78 is 6.07. The standard InChI is InChI=1S/C21H16N2O4S/c1-23-16-7-6-13(10-14(16)11-20(23)25)17(24)12-27-21(26)9-8-19-22-15-4-2-3-5-18(15)28-19/h2-10H,11-12H2,1H3/b9-8+.